The third-order valence-corrected chi connectivity index (χ3v) is 4.48. The Hall–Kier alpha value is -3.74. The van der Waals surface area contributed by atoms with E-state index in [-0.39, 0.29) is 5.82 Å². The van der Waals surface area contributed by atoms with Gasteiger partial charge in [-0.2, -0.15) is 0 Å². The van der Waals surface area contributed by atoms with E-state index in [1.807, 2.05) is 12.1 Å². The first-order valence-electron chi connectivity index (χ1n) is 8.63. The molecular formula is C21H18FN5O. The van der Waals surface area contributed by atoms with Gasteiger partial charge >= 0.3 is 0 Å². The Balaban J connectivity index is 1.91. The third-order valence-electron chi connectivity index (χ3n) is 4.48. The third kappa shape index (κ3) is 3.18. The molecule has 0 radical (unpaired) electrons. The minimum Gasteiger partial charge on any atom is -0.493 e. The summed E-state index contributed by atoms with van der Waals surface area (Å²) in [6.45, 7) is 1.72. The van der Waals surface area contributed by atoms with Gasteiger partial charge in [0.05, 0.1) is 18.5 Å². The van der Waals surface area contributed by atoms with Gasteiger partial charge in [-0.1, -0.05) is 0 Å². The van der Waals surface area contributed by atoms with Gasteiger partial charge in [0.2, 0.25) is 0 Å². The van der Waals surface area contributed by atoms with Crippen molar-refractivity contribution in [2.24, 2.45) is 0 Å². The van der Waals surface area contributed by atoms with Crippen molar-refractivity contribution in [1.82, 2.24) is 19.9 Å². The molecule has 0 aliphatic carbocycles. The molecule has 140 valence electrons. The Labute approximate surface area is 161 Å². The highest BCUT2D eigenvalue weighted by Gasteiger charge is 2.17. The number of nitrogens with one attached hydrogen (secondary N) is 1. The van der Waals surface area contributed by atoms with Gasteiger partial charge in [0, 0.05) is 35.3 Å². The molecule has 3 aromatic heterocycles. The highest BCUT2D eigenvalue weighted by atomic mass is 19.1. The molecule has 0 aliphatic rings. The van der Waals surface area contributed by atoms with E-state index in [0.717, 1.165) is 28.1 Å². The summed E-state index contributed by atoms with van der Waals surface area (Å²) in [4.78, 5) is 16.4. The van der Waals surface area contributed by atoms with Crippen LogP contribution in [0.5, 0.6) is 5.75 Å². The zero-order valence-corrected chi connectivity index (χ0v) is 15.4. The highest BCUT2D eigenvalue weighted by molar-refractivity contribution is 5.81. The van der Waals surface area contributed by atoms with Crippen molar-refractivity contribution in [3.63, 3.8) is 0 Å². The second-order valence-electron chi connectivity index (χ2n) is 6.32. The number of hydrogen-bond donors (Lipinski definition) is 2. The number of rotatable bonds is 4. The topological polar surface area (TPSA) is 89.7 Å². The minimum atomic E-state index is -0.252. The number of pyridine rings is 2. The van der Waals surface area contributed by atoms with Gasteiger partial charge in [-0.05, 0) is 48.9 Å². The van der Waals surface area contributed by atoms with Crippen LogP contribution in [-0.2, 0) is 0 Å². The molecule has 3 N–H and O–H groups in total. The van der Waals surface area contributed by atoms with Crippen LogP contribution in [0, 0.1) is 12.7 Å². The van der Waals surface area contributed by atoms with Crippen LogP contribution in [0.2, 0.25) is 0 Å². The standard InChI is InChI=1S/C21H18FN5O/c1-12-9-14(3-4-16(12)22)21-26-18(13-5-7-24-8-6-13)19(27-21)15-10-17(28-2)20(23)25-11-15/h3-11H,1-2H3,(H2,23,25)(H,26,27). The molecule has 1 aromatic carbocycles. The van der Waals surface area contributed by atoms with Crippen molar-refractivity contribution in [2.45, 2.75) is 6.92 Å². The van der Waals surface area contributed by atoms with Gasteiger partial charge in [0.1, 0.15) is 11.6 Å². The van der Waals surface area contributed by atoms with Crippen LogP contribution in [0.25, 0.3) is 33.9 Å². The number of halogens is 1. The van der Waals surface area contributed by atoms with Crippen LogP contribution in [-0.4, -0.2) is 27.0 Å². The summed E-state index contributed by atoms with van der Waals surface area (Å²) in [5.41, 5.74) is 10.3. The van der Waals surface area contributed by atoms with Gasteiger partial charge in [-0.25, -0.2) is 14.4 Å². The molecule has 0 fully saturated rings. The van der Waals surface area contributed by atoms with Crippen molar-refractivity contribution >= 4 is 5.82 Å². The predicted molar refractivity (Wildman–Crippen MR) is 106 cm³/mol. The molecule has 28 heavy (non-hydrogen) atoms. The molecule has 0 amide bonds. The molecule has 6 nitrogen and oxygen atoms in total. The fourth-order valence-electron chi connectivity index (χ4n) is 2.98. The number of benzene rings is 1. The van der Waals surface area contributed by atoms with Gasteiger partial charge in [-0.3, -0.25) is 4.98 Å². The maximum absolute atomic E-state index is 13.7. The summed E-state index contributed by atoms with van der Waals surface area (Å²) in [6.07, 6.45) is 5.07. The fourth-order valence-corrected chi connectivity index (χ4v) is 2.98. The average molecular weight is 375 g/mol. The summed E-state index contributed by atoms with van der Waals surface area (Å²) < 4.78 is 19.0. The zero-order valence-electron chi connectivity index (χ0n) is 15.4. The van der Waals surface area contributed by atoms with Gasteiger partial charge in [0.15, 0.2) is 11.6 Å². The number of H-pyrrole nitrogens is 1. The largest absolute Gasteiger partial charge is 0.493 e. The second kappa shape index (κ2) is 7.11. The number of aromatic nitrogens is 4. The Kier molecular flexibility index (Phi) is 4.49. The van der Waals surface area contributed by atoms with Gasteiger partial charge in [0.25, 0.3) is 0 Å². The van der Waals surface area contributed by atoms with E-state index in [4.69, 9.17) is 15.5 Å². The SMILES string of the molecule is COc1cc(-c2[nH]c(-c3ccc(F)c(C)c3)nc2-c2ccncc2)cnc1N. The molecule has 0 atom stereocenters. The van der Waals surface area contributed by atoms with Crippen LogP contribution in [0.15, 0.2) is 55.0 Å². The smallest absolute Gasteiger partial charge is 0.166 e. The number of imidazole rings is 1. The van der Waals surface area contributed by atoms with Crippen molar-refractivity contribution in [1.29, 1.82) is 0 Å². The lowest BCUT2D eigenvalue weighted by Gasteiger charge is -2.07. The molecule has 0 unspecified atom stereocenters. The van der Waals surface area contributed by atoms with Gasteiger partial charge < -0.3 is 15.5 Å². The summed E-state index contributed by atoms with van der Waals surface area (Å²) in [5, 5.41) is 0. The first-order chi connectivity index (χ1) is 13.6. The summed E-state index contributed by atoms with van der Waals surface area (Å²) in [6, 6.07) is 10.5. The molecule has 0 bridgehead atoms. The summed E-state index contributed by atoms with van der Waals surface area (Å²) >= 11 is 0. The Bertz CT molecular complexity index is 1140. The Morgan fingerprint density at radius 2 is 1.82 bits per heavy atom. The Morgan fingerprint density at radius 3 is 2.54 bits per heavy atom. The van der Waals surface area contributed by atoms with Crippen molar-refractivity contribution in [2.75, 3.05) is 12.8 Å². The lowest BCUT2D eigenvalue weighted by molar-refractivity contribution is 0.415. The van der Waals surface area contributed by atoms with Crippen LogP contribution >= 0.6 is 0 Å². The number of methoxy groups -OCH3 is 1. The van der Waals surface area contributed by atoms with Gasteiger partial charge in [-0.15, -0.1) is 0 Å². The molecule has 4 aromatic rings. The summed E-state index contributed by atoms with van der Waals surface area (Å²) in [7, 11) is 1.54. The van der Waals surface area contributed by atoms with Crippen LogP contribution in [0.1, 0.15) is 5.56 Å². The summed E-state index contributed by atoms with van der Waals surface area (Å²) in [5.74, 6) is 1.16. The number of hydrogen-bond acceptors (Lipinski definition) is 5. The van der Waals surface area contributed by atoms with E-state index in [0.29, 0.717) is 23.0 Å². The van der Waals surface area contributed by atoms with Crippen molar-refractivity contribution < 1.29 is 9.13 Å². The predicted octanol–water partition coefficient (Wildman–Crippen LogP) is 4.24. The number of nitrogens with two attached hydrogens (primary N) is 1. The molecular weight excluding hydrogens is 357 g/mol. The maximum atomic E-state index is 13.7. The normalized spacial score (nSPS) is 10.8. The molecule has 0 saturated heterocycles. The lowest BCUT2D eigenvalue weighted by atomic mass is 10.1. The molecule has 7 heteroatoms. The van der Waals surface area contributed by atoms with Crippen molar-refractivity contribution in [3.05, 3.63) is 66.4 Å². The molecule has 4 rings (SSSR count). The molecule has 0 aliphatic heterocycles. The number of nitrogens with zero attached hydrogens (tertiary/aromatic N) is 3. The van der Waals surface area contributed by atoms with E-state index in [2.05, 4.69) is 15.0 Å². The quantitative estimate of drug-likeness (QED) is 0.557. The number of nitrogen functional groups attached to an aromatic ring is 1. The number of aromatic amines is 1. The molecule has 0 spiro atoms. The monoisotopic (exact) mass is 375 g/mol. The first-order valence-corrected chi connectivity index (χ1v) is 8.63. The zero-order chi connectivity index (χ0) is 19.7. The van der Waals surface area contributed by atoms with Crippen molar-refractivity contribution in [3.8, 4) is 39.7 Å². The van der Waals surface area contributed by atoms with Crippen LogP contribution < -0.4 is 10.5 Å². The number of ether oxygens (including phenoxy) is 1. The van der Waals surface area contributed by atoms with E-state index >= 15 is 0 Å². The number of anilines is 1. The fraction of sp³-hybridized carbons (Fsp3) is 0.0952. The average Bonchev–Trinajstić information content (AvgIpc) is 3.16. The highest BCUT2D eigenvalue weighted by Crippen LogP contribution is 2.35. The first kappa shape index (κ1) is 17.7. The maximum Gasteiger partial charge on any atom is 0.166 e. The number of aryl methyl sites for hydroxylation is 1. The molecule has 3 heterocycles. The van der Waals surface area contributed by atoms with E-state index in [9.17, 15) is 4.39 Å². The minimum absolute atomic E-state index is 0.252. The Morgan fingerprint density at radius 1 is 1.04 bits per heavy atom. The second-order valence-corrected chi connectivity index (χ2v) is 6.32. The van der Waals surface area contributed by atoms with E-state index in [1.54, 1.807) is 50.8 Å². The lowest BCUT2D eigenvalue weighted by Crippen LogP contribution is -1.96. The van der Waals surface area contributed by atoms with Crippen LogP contribution in [0.4, 0.5) is 10.2 Å². The van der Waals surface area contributed by atoms with E-state index < -0.39 is 0 Å². The molecule has 0 saturated carbocycles. The van der Waals surface area contributed by atoms with Crippen LogP contribution in [0.3, 0.4) is 0 Å². The van der Waals surface area contributed by atoms with E-state index in [1.165, 1.54) is 6.07 Å².